The number of rotatable bonds is 7. The van der Waals surface area contributed by atoms with E-state index in [0.29, 0.717) is 45.6 Å². The lowest BCUT2D eigenvalue weighted by Crippen LogP contribution is -2.37. The van der Waals surface area contributed by atoms with Crippen LogP contribution in [0.5, 0.6) is 0 Å². The van der Waals surface area contributed by atoms with Gasteiger partial charge in [0.1, 0.15) is 11.5 Å². The molecule has 2 aliphatic rings. The molecule has 13 heteroatoms. The largest absolute Gasteiger partial charge is 0.439 e. The summed E-state index contributed by atoms with van der Waals surface area (Å²) in [5.74, 6) is 1.68. The van der Waals surface area contributed by atoms with Gasteiger partial charge in [-0.05, 0) is 37.8 Å². The van der Waals surface area contributed by atoms with Crippen molar-refractivity contribution in [3.63, 3.8) is 0 Å². The number of nitrogens with zero attached hydrogens (tertiary/aromatic N) is 5. The van der Waals surface area contributed by atoms with Crippen molar-refractivity contribution in [2.24, 2.45) is 0 Å². The smallest absolute Gasteiger partial charge is 0.373 e. The molecule has 1 aromatic carbocycles. The quantitative estimate of drug-likeness (QED) is 0.369. The van der Waals surface area contributed by atoms with Gasteiger partial charge in [-0.1, -0.05) is 39.6 Å². The van der Waals surface area contributed by atoms with Crippen LogP contribution in [0.15, 0.2) is 32.0 Å². The van der Waals surface area contributed by atoms with Crippen molar-refractivity contribution in [2.75, 3.05) is 18.0 Å². The highest BCUT2D eigenvalue weighted by molar-refractivity contribution is 6.39. The molecule has 0 spiro atoms. The van der Waals surface area contributed by atoms with Gasteiger partial charge in [-0.15, -0.1) is 5.10 Å². The minimum atomic E-state index is -0.645. The lowest BCUT2D eigenvalue weighted by molar-refractivity contribution is 0.0245. The van der Waals surface area contributed by atoms with Crippen molar-refractivity contribution >= 4 is 29.2 Å². The summed E-state index contributed by atoms with van der Waals surface area (Å²) in [4.78, 5) is 20.1. The molecule has 2 fully saturated rings. The zero-order valence-electron chi connectivity index (χ0n) is 18.5. The maximum absolute atomic E-state index is 11.2. The molecule has 3 aromatic heterocycles. The maximum Gasteiger partial charge on any atom is 0.439 e. The Morgan fingerprint density at radius 1 is 1.06 bits per heavy atom. The Labute approximate surface area is 208 Å². The molecule has 182 valence electrons. The van der Waals surface area contributed by atoms with Gasteiger partial charge in [0, 0.05) is 30.1 Å². The van der Waals surface area contributed by atoms with Gasteiger partial charge in [0.05, 0.1) is 22.8 Å². The number of benzene rings is 1. The number of hydrogen-bond donors (Lipinski definition) is 2. The Bertz CT molecular complexity index is 1380. The zero-order chi connectivity index (χ0) is 23.9. The highest BCUT2D eigenvalue weighted by Crippen LogP contribution is 2.46. The van der Waals surface area contributed by atoms with Gasteiger partial charge < -0.3 is 14.2 Å². The molecule has 1 saturated carbocycles. The second-order valence-electron chi connectivity index (χ2n) is 8.67. The first kappa shape index (κ1) is 22.3. The van der Waals surface area contributed by atoms with E-state index in [2.05, 4.69) is 39.9 Å². The third kappa shape index (κ3) is 4.46. The fourth-order valence-electron chi connectivity index (χ4n) is 4.30. The SMILES string of the molecule is O=c1[nH]c(-c2nc(N3CCC(OCc4c(-c5c(Cl)cccc5Cl)noc4C4CC4)CC3)n[nH]2)no1. The molecule has 1 saturated heterocycles. The topological polar surface area (TPSA) is 139 Å². The zero-order valence-corrected chi connectivity index (χ0v) is 20.0. The van der Waals surface area contributed by atoms with Gasteiger partial charge >= 0.3 is 5.76 Å². The second-order valence-corrected chi connectivity index (χ2v) is 9.48. The minimum absolute atomic E-state index is 0.0630. The van der Waals surface area contributed by atoms with Crippen LogP contribution < -0.4 is 10.7 Å². The molecule has 11 nitrogen and oxygen atoms in total. The number of halogens is 2. The number of nitrogens with one attached hydrogen (secondary N) is 2. The third-order valence-electron chi connectivity index (χ3n) is 6.29. The number of ether oxygens (including phenoxy) is 1. The minimum Gasteiger partial charge on any atom is -0.373 e. The molecule has 4 aromatic rings. The van der Waals surface area contributed by atoms with Gasteiger partial charge in [-0.25, -0.2) is 4.79 Å². The molecule has 0 unspecified atom stereocenters. The number of aromatic amines is 2. The Balaban J connectivity index is 1.12. The fraction of sp³-hybridized carbons (Fsp3) is 0.409. The van der Waals surface area contributed by atoms with E-state index in [-0.39, 0.29) is 11.9 Å². The molecule has 0 radical (unpaired) electrons. The molecule has 1 aliphatic carbocycles. The van der Waals surface area contributed by atoms with E-state index in [4.69, 9.17) is 32.5 Å². The lowest BCUT2D eigenvalue weighted by Gasteiger charge is -2.31. The van der Waals surface area contributed by atoms with Crippen LogP contribution in [-0.2, 0) is 11.3 Å². The predicted molar refractivity (Wildman–Crippen MR) is 126 cm³/mol. The molecule has 4 heterocycles. The highest BCUT2D eigenvalue weighted by atomic mass is 35.5. The highest BCUT2D eigenvalue weighted by Gasteiger charge is 2.34. The molecule has 0 bridgehead atoms. The van der Waals surface area contributed by atoms with Crippen molar-refractivity contribution in [3.05, 3.63) is 50.1 Å². The summed E-state index contributed by atoms with van der Waals surface area (Å²) in [6.07, 6.45) is 3.83. The van der Waals surface area contributed by atoms with Gasteiger partial charge in [0.2, 0.25) is 11.8 Å². The average Bonchev–Trinajstić information content (AvgIpc) is 3.23. The van der Waals surface area contributed by atoms with Crippen LogP contribution in [0.3, 0.4) is 0 Å². The number of H-pyrrole nitrogens is 2. The number of piperidine rings is 1. The van der Waals surface area contributed by atoms with Crippen molar-refractivity contribution in [1.29, 1.82) is 0 Å². The number of anilines is 1. The normalized spacial score (nSPS) is 16.8. The van der Waals surface area contributed by atoms with Crippen LogP contribution in [0.4, 0.5) is 5.95 Å². The Hall–Kier alpha value is -3.15. The molecular formula is C22H21Cl2N7O4. The molecule has 0 amide bonds. The molecular weight excluding hydrogens is 497 g/mol. The van der Waals surface area contributed by atoms with Crippen molar-refractivity contribution in [3.8, 4) is 22.9 Å². The Kier molecular flexibility index (Phi) is 5.83. The van der Waals surface area contributed by atoms with Crippen LogP contribution in [-0.4, -0.2) is 49.7 Å². The first-order valence-corrected chi connectivity index (χ1v) is 12.1. The summed E-state index contributed by atoms with van der Waals surface area (Å²) in [5, 5.41) is 16.0. The molecule has 35 heavy (non-hydrogen) atoms. The predicted octanol–water partition coefficient (Wildman–Crippen LogP) is 4.17. The van der Waals surface area contributed by atoms with E-state index in [9.17, 15) is 4.79 Å². The van der Waals surface area contributed by atoms with E-state index in [1.165, 1.54) is 0 Å². The van der Waals surface area contributed by atoms with Crippen LogP contribution in [0.25, 0.3) is 22.9 Å². The van der Waals surface area contributed by atoms with Gasteiger partial charge in [-0.3, -0.25) is 14.6 Å². The van der Waals surface area contributed by atoms with Crippen molar-refractivity contribution < 1.29 is 13.8 Å². The second kappa shape index (κ2) is 9.14. The summed E-state index contributed by atoms with van der Waals surface area (Å²) < 4.78 is 16.6. The summed E-state index contributed by atoms with van der Waals surface area (Å²) in [5.41, 5.74) is 2.25. The molecule has 1 aliphatic heterocycles. The van der Waals surface area contributed by atoms with Gasteiger partial charge in [0.15, 0.2) is 5.82 Å². The Morgan fingerprint density at radius 2 is 1.83 bits per heavy atom. The third-order valence-corrected chi connectivity index (χ3v) is 6.92. The van der Waals surface area contributed by atoms with Gasteiger partial charge in [0.25, 0.3) is 0 Å². The number of aromatic nitrogens is 6. The van der Waals surface area contributed by atoms with E-state index in [1.807, 2.05) is 6.07 Å². The van der Waals surface area contributed by atoms with Crippen LogP contribution in [0, 0.1) is 0 Å². The molecule has 2 N–H and O–H groups in total. The van der Waals surface area contributed by atoms with Crippen LogP contribution in [0.2, 0.25) is 10.0 Å². The fourth-order valence-corrected chi connectivity index (χ4v) is 4.88. The first-order valence-electron chi connectivity index (χ1n) is 11.3. The lowest BCUT2D eigenvalue weighted by atomic mass is 10.0. The van der Waals surface area contributed by atoms with E-state index < -0.39 is 5.76 Å². The monoisotopic (exact) mass is 517 g/mol. The summed E-state index contributed by atoms with van der Waals surface area (Å²) in [6.45, 7) is 1.82. The molecule has 6 rings (SSSR count). The average molecular weight is 518 g/mol. The van der Waals surface area contributed by atoms with E-state index >= 15 is 0 Å². The summed E-state index contributed by atoms with van der Waals surface area (Å²) in [6, 6.07) is 5.40. The van der Waals surface area contributed by atoms with Crippen LogP contribution >= 0.6 is 23.2 Å². The van der Waals surface area contributed by atoms with Crippen molar-refractivity contribution in [2.45, 2.75) is 44.3 Å². The maximum atomic E-state index is 11.2. The summed E-state index contributed by atoms with van der Waals surface area (Å²) in [7, 11) is 0. The number of hydrogen-bond acceptors (Lipinski definition) is 9. The first-order chi connectivity index (χ1) is 17.1. The summed E-state index contributed by atoms with van der Waals surface area (Å²) >= 11 is 12.9. The van der Waals surface area contributed by atoms with E-state index in [1.54, 1.807) is 12.1 Å². The van der Waals surface area contributed by atoms with E-state index in [0.717, 1.165) is 50.1 Å². The van der Waals surface area contributed by atoms with Gasteiger partial charge in [-0.2, -0.15) is 4.98 Å². The van der Waals surface area contributed by atoms with Crippen LogP contribution in [0.1, 0.15) is 42.9 Å². The van der Waals surface area contributed by atoms with Crippen molar-refractivity contribution in [1.82, 2.24) is 30.5 Å². The molecule has 0 atom stereocenters. The Morgan fingerprint density at radius 3 is 2.51 bits per heavy atom. The standard InChI is InChI=1S/C22H21Cl2N7O4/c23-14-2-1-3-15(24)16(14)17-13(18(34-29-17)11-4-5-11)10-33-12-6-8-31(9-7-12)21-25-19(27-28-21)20-26-22(32)35-30-20/h1-3,11-12H,4-10H2,(H,25,27,28)(H,26,30,32).